The van der Waals surface area contributed by atoms with E-state index < -0.39 is 117 Å². The van der Waals surface area contributed by atoms with Gasteiger partial charge in [-0.1, -0.05) is 0 Å². The van der Waals surface area contributed by atoms with E-state index in [4.69, 9.17) is 0 Å². The second kappa shape index (κ2) is 15.0. The van der Waals surface area contributed by atoms with Crippen molar-refractivity contribution >= 4 is 11.6 Å². The standard InChI is InChI=1S/2C14H7F9N2O2.Cu/c2*1-5-9(10(26)14(21,22)23)11(27)25(24-5)8-3-6(12(15,16)17)2-7(4-8)13(18,19)20;/h2*2-4,27H,1H3;. The van der Waals surface area contributed by atoms with Crippen molar-refractivity contribution in [2.45, 2.75) is 50.9 Å². The van der Waals surface area contributed by atoms with Crippen molar-refractivity contribution in [2.75, 3.05) is 0 Å². The van der Waals surface area contributed by atoms with Crippen LogP contribution in [0.2, 0.25) is 0 Å². The number of Topliss-reactive ketones (excluding diaryl/α,β-unsaturated/α-hetero) is 2. The molecule has 27 heteroatoms. The van der Waals surface area contributed by atoms with Crippen LogP contribution in [0.5, 0.6) is 11.8 Å². The minimum absolute atomic E-state index is 0. The van der Waals surface area contributed by atoms with Gasteiger partial charge in [0.05, 0.1) is 45.0 Å². The van der Waals surface area contributed by atoms with E-state index in [1.54, 1.807) is 0 Å². The van der Waals surface area contributed by atoms with E-state index in [0.29, 0.717) is 0 Å². The number of aryl methyl sites for hydroxylation is 2. The Balaban J connectivity index is 0.000000373. The summed E-state index contributed by atoms with van der Waals surface area (Å²) in [5.41, 5.74) is -13.4. The topological polar surface area (TPSA) is 110 Å². The van der Waals surface area contributed by atoms with E-state index in [-0.39, 0.29) is 62.8 Å². The van der Waals surface area contributed by atoms with Crippen molar-refractivity contribution in [1.82, 2.24) is 19.6 Å². The van der Waals surface area contributed by atoms with Gasteiger partial charge in [0.25, 0.3) is 11.6 Å². The molecule has 0 spiro atoms. The van der Waals surface area contributed by atoms with Crippen LogP contribution in [0.1, 0.15) is 54.4 Å². The molecule has 0 bridgehead atoms. The third-order valence-corrected chi connectivity index (χ3v) is 6.68. The van der Waals surface area contributed by atoms with Gasteiger partial charge in [0.15, 0.2) is 0 Å². The van der Waals surface area contributed by atoms with Gasteiger partial charge >= 0.3 is 37.1 Å². The van der Waals surface area contributed by atoms with E-state index >= 15 is 0 Å². The van der Waals surface area contributed by atoms with Gasteiger partial charge in [-0.05, 0) is 50.2 Å². The summed E-state index contributed by atoms with van der Waals surface area (Å²) in [6.45, 7) is 1.65. The van der Waals surface area contributed by atoms with Gasteiger partial charge in [-0.2, -0.15) is 89.2 Å². The molecule has 0 aliphatic rings. The van der Waals surface area contributed by atoms with Gasteiger partial charge < -0.3 is 10.2 Å². The summed E-state index contributed by atoms with van der Waals surface area (Å²) in [7, 11) is 0. The Bertz CT molecular complexity index is 1870. The zero-order chi connectivity index (χ0) is 41.9. The van der Waals surface area contributed by atoms with Crippen LogP contribution in [0.15, 0.2) is 36.4 Å². The Morgan fingerprint density at radius 3 is 0.873 bits per heavy atom. The number of benzene rings is 2. The van der Waals surface area contributed by atoms with E-state index in [2.05, 4.69) is 10.2 Å². The zero-order valence-corrected chi connectivity index (χ0v) is 27.0. The molecule has 0 aliphatic carbocycles. The fourth-order valence-electron chi connectivity index (χ4n) is 4.33. The fraction of sp³-hybridized carbons (Fsp3) is 0.286. The number of aromatic hydroxyl groups is 2. The van der Waals surface area contributed by atoms with Crippen molar-refractivity contribution in [2.24, 2.45) is 0 Å². The molecule has 2 aromatic heterocycles. The summed E-state index contributed by atoms with van der Waals surface area (Å²) >= 11 is 0. The molecule has 55 heavy (non-hydrogen) atoms. The van der Waals surface area contributed by atoms with Gasteiger partial charge in [0.1, 0.15) is 11.1 Å². The number of nitrogens with zero attached hydrogens (tertiary/aromatic N) is 4. The van der Waals surface area contributed by atoms with E-state index in [1.165, 1.54) is 0 Å². The summed E-state index contributed by atoms with van der Waals surface area (Å²) in [5, 5.41) is 26.1. The molecule has 0 saturated heterocycles. The van der Waals surface area contributed by atoms with Crippen molar-refractivity contribution in [3.05, 3.63) is 81.2 Å². The molecular weight excluding hydrogens is 862 g/mol. The maximum absolute atomic E-state index is 12.9. The Morgan fingerprint density at radius 2 is 0.691 bits per heavy atom. The Hall–Kier alpha value is -4.94. The number of rotatable bonds is 4. The molecule has 0 atom stereocenters. The first kappa shape index (κ1) is 46.2. The number of carbonyl (C=O) groups is 2. The van der Waals surface area contributed by atoms with Crippen molar-refractivity contribution < 1.29 is 116 Å². The summed E-state index contributed by atoms with van der Waals surface area (Å²) < 4.78 is 230. The maximum atomic E-state index is 12.9. The van der Waals surface area contributed by atoms with Crippen molar-refractivity contribution in [1.29, 1.82) is 0 Å². The SMILES string of the molecule is Cc1nn(-c2cc(C(F)(F)F)cc(C(F)(F)F)c2)c(O)c1C(=O)C(F)(F)F.Cc1nn(-c2cc(C(F)(F)F)cc(C(F)(F)F)c2)c(O)c1C(=O)C(F)(F)F.[Cu]. The summed E-state index contributed by atoms with van der Waals surface area (Å²) in [6, 6.07) is 0.149. The molecule has 4 rings (SSSR count). The van der Waals surface area contributed by atoms with E-state index in [1.807, 2.05) is 0 Å². The first-order valence-corrected chi connectivity index (χ1v) is 13.5. The van der Waals surface area contributed by atoms with Crippen LogP contribution in [-0.2, 0) is 41.8 Å². The summed E-state index contributed by atoms with van der Waals surface area (Å²) in [5.74, 6) is -8.18. The van der Waals surface area contributed by atoms with Gasteiger partial charge in [-0.15, -0.1) is 0 Å². The molecule has 307 valence electrons. The van der Waals surface area contributed by atoms with Crippen LogP contribution >= 0.6 is 0 Å². The molecule has 2 heterocycles. The Morgan fingerprint density at radius 1 is 0.473 bits per heavy atom. The quantitative estimate of drug-likeness (QED) is 0.120. The second-order valence-corrected chi connectivity index (χ2v) is 10.6. The predicted molar refractivity (Wildman–Crippen MR) is 141 cm³/mol. The monoisotopic (exact) mass is 875 g/mol. The minimum Gasteiger partial charge on any atom is -0.493 e. The van der Waals surface area contributed by atoms with Gasteiger partial charge in [-0.25, -0.2) is 9.36 Å². The van der Waals surface area contributed by atoms with Crippen molar-refractivity contribution in [3.8, 4) is 23.1 Å². The van der Waals surface area contributed by atoms with Gasteiger partial charge in [0, 0.05) is 17.1 Å². The number of alkyl halides is 18. The van der Waals surface area contributed by atoms with Crippen LogP contribution < -0.4 is 0 Å². The Kier molecular flexibility index (Phi) is 12.6. The first-order valence-electron chi connectivity index (χ1n) is 13.5. The van der Waals surface area contributed by atoms with Crippen LogP contribution in [0.3, 0.4) is 0 Å². The smallest absolute Gasteiger partial charge is 0.455 e. The van der Waals surface area contributed by atoms with Crippen LogP contribution in [0.25, 0.3) is 11.4 Å². The van der Waals surface area contributed by atoms with Crippen molar-refractivity contribution in [3.63, 3.8) is 0 Å². The van der Waals surface area contributed by atoms with Crippen LogP contribution in [-0.4, -0.2) is 53.7 Å². The molecular formula is C28H14CuF18N4O4. The van der Waals surface area contributed by atoms with E-state index in [0.717, 1.165) is 13.8 Å². The molecule has 0 amide bonds. The largest absolute Gasteiger partial charge is 0.493 e. The molecule has 0 fully saturated rings. The minimum atomic E-state index is -5.44. The third-order valence-electron chi connectivity index (χ3n) is 6.68. The number of halogens is 18. The number of carbonyl (C=O) groups excluding carboxylic acids is 2. The third kappa shape index (κ3) is 10.2. The Labute approximate surface area is 302 Å². The number of hydrogen-bond acceptors (Lipinski definition) is 6. The molecule has 8 nitrogen and oxygen atoms in total. The average Bonchev–Trinajstić information content (AvgIpc) is 3.46. The molecule has 1 radical (unpaired) electrons. The second-order valence-electron chi connectivity index (χ2n) is 10.6. The van der Waals surface area contributed by atoms with Crippen LogP contribution in [0, 0.1) is 13.8 Å². The number of hydrogen-bond donors (Lipinski definition) is 2. The maximum Gasteiger partial charge on any atom is 0.455 e. The molecule has 2 aromatic carbocycles. The van der Waals surface area contributed by atoms with Gasteiger partial charge in [0.2, 0.25) is 11.8 Å². The molecule has 2 N–H and O–H groups in total. The molecule has 0 unspecified atom stereocenters. The van der Waals surface area contributed by atoms with Crippen LogP contribution in [0.4, 0.5) is 79.0 Å². The van der Waals surface area contributed by atoms with E-state index in [9.17, 15) is 98.8 Å². The summed E-state index contributed by atoms with van der Waals surface area (Å²) in [6.07, 6.45) is -31.8. The molecule has 0 saturated carbocycles. The fourth-order valence-corrected chi connectivity index (χ4v) is 4.33. The molecule has 0 aliphatic heterocycles. The summed E-state index contributed by atoms with van der Waals surface area (Å²) in [4.78, 5) is 22.6. The number of ketones is 2. The first-order chi connectivity index (χ1) is 24.1. The molecule has 4 aromatic rings. The zero-order valence-electron chi connectivity index (χ0n) is 26.1. The normalized spacial score (nSPS) is 12.9. The number of aromatic nitrogens is 4. The average molecular weight is 876 g/mol. The predicted octanol–water partition coefficient (Wildman–Crippen LogP) is 9.34. The van der Waals surface area contributed by atoms with Gasteiger partial charge in [-0.3, -0.25) is 9.59 Å².